The number of fused-ring (bicyclic) bond motifs is 1. The maximum atomic E-state index is 11.2. The zero-order chi connectivity index (χ0) is 14.7. The van der Waals surface area contributed by atoms with Crippen molar-refractivity contribution in [2.75, 3.05) is 13.2 Å². The molecule has 0 amide bonds. The van der Waals surface area contributed by atoms with E-state index < -0.39 is 5.97 Å². The van der Waals surface area contributed by atoms with Crippen LogP contribution in [0, 0.1) is 0 Å². The van der Waals surface area contributed by atoms with E-state index in [2.05, 4.69) is 6.07 Å². The highest BCUT2D eigenvalue weighted by Crippen LogP contribution is 2.28. The van der Waals surface area contributed by atoms with E-state index in [1.807, 2.05) is 18.2 Å². The molecule has 0 bridgehead atoms. The number of hydrogen-bond donors (Lipinski definition) is 1. The fourth-order valence-electron chi connectivity index (χ4n) is 2.55. The zero-order valence-electron chi connectivity index (χ0n) is 11.5. The number of carboxylic acid groups (broad SMARTS) is 1. The molecular formula is C17H16O4. The van der Waals surface area contributed by atoms with Crippen LogP contribution in [0.5, 0.6) is 5.75 Å². The van der Waals surface area contributed by atoms with Gasteiger partial charge in [0.2, 0.25) is 0 Å². The summed E-state index contributed by atoms with van der Waals surface area (Å²) in [4.78, 5) is 11.2. The molecule has 21 heavy (non-hydrogen) atoms. The third kappa shape index (κ3) is 2.90. The van der Waals surface area contributed by atoms with Crippen molar-refractivity contribution in [2.45, 2.75) is 12.5 Å². The summed E-state index contributed by atoms with van der Waals surface area (Å²) in [5, 5.41) is 9.15. The van der Waals surface area contributed by atoms with E-state index in [4.69, 9.17) is 14.6 Å². The third-order valence-corrected chi connectivity index (χ3v) is 3.60. The van der Waals surface area contributed by atoms with E-state index in [0.29, 0.717) is 19.0 Å². The Morgan fingerprint density at radius 3 is 2.81 bits per heavy atom. The molecule has 1 atom stereocenters. The molecule has 1 N–H and O–H groups in total. The number of aromatic carboxylic acids is 1. The number of carbonyl (C=O) groups is 1. The van der Waals surface area contributed by atoms with Crippen molar-refractivity contribution >= 4 is 5.97 Å². The van der Waals surface area contributed by atoms with Gasteiger partial charge in [-0.2, -0.15) is 0 Å². The average Bonchev–Trinajstić information content (AvgIpc) is 2.53. The Labute approximate surface area is 122 Å². The highest BCUT2D eigenvalue weighted by Gasteiger charge is 2.21. The number of hydrogen-bond acceptors (Lipinski definition) is 3. The first kappa shape index (κ1) is 13.6. The van der Waals surface area contributed by atoms with Crippen LogP contribution in [0.4, 0.5) is 0 Å². The highest BCUT2D eigenvalue weighted by molar-refractivity contribution is 5.90. The van der Waals surface area contributed by atoms with Gasteiger partial charge >= 0.3 is 5.97 Å². The van der Waals surface area contributed by atoms with Crippen LogP contribution >= 0.6 is 0 Å². The molecule has 0 saturated heterocycles. The van der Waals surface area contributed by atoms with Gasteiger partial charge in [-0.1, -0.05) is 36.4 Å². The maximum Gasteiger partial charge on any atom is 0.339 e. The highest BCUT2D eigenvalue weighted by atomic mass is 16.5. The second-order valence-electron chi connectivity index (χ2n) is 4.92. The van der Waals surface area contributed by atoms with Crippen molar-refractivity contribution in [3.05, 3.63) is 65.2 Å². The van der Waals surface area contributed by atoms with Crippen molar-refractivity contribution in [1.82, 2.24) is 0 Å². The van der Waals surface area contributed by atoms with Gasteiger partial charge in [-0.25, -0.2) is 4.79 Å². The van der Waals surface area contributed by atoms with Crippen LogP contribution in [0.2, 0.25) is 0 Å². The molecule has 0 radical (unpaired) electrons. The van der Waals surface area contributed by atoms with E-state index in [0.717, 1.165) is 12.0 Å². The molecule has 0 aliphatic carbocycles. The van der Waals surface area contributed by atoms with Gasteiger partial charge in [0.05, 0.1) is 6.61 Å². The SMILES string of the molecule is O=C(O)c1ccccc1OCC1OCCc2ccccc21. The lowest BCUT2D eigenvalue weighted by molar-refractivity contribution is 0.00980. The van der Waals surface area contributed by atoms with Crippen LogP contribution in [0.1, 0.15) is 27.6 Å². The maximum absolute atomic E-state index is 11.2. The van der Waals surface area contributed by atoms with Gasteiger partial charge in [0.15, 0.2) is 0 Å². The second kappa shape index (κ2) is 5.97. The molecule has 1 unspecified atom stereocenters. The molecule has 4 heteroatoms. The number of benzene rings is 2. The Hall–Kier alpha value is -2.33. The van der Waals surface area contributed by atoms with Gasteiger partial charge in [-0.05, 0) is 29.7 Å². The van der Waals surface area contributed by atoms with Crippen molar-refractivity contribution in [2.24, 2.45) is 0 Å². The largest absolute Gasteiger partial charge is 0.490 e. The Balaban J connectivity index is 1.76. The lowest BCUT2D eigenvalue weighted by Crippen LogP contribution is -2.22. The average molecular weight is 284 g/mol. The summed E-state index contributed by atoms with van der Waals surface area (Å²) < 4.78 is 11.4. The summed E-state index contributed by atoms with van der Waals surface area (Å²) in [6.07, 6.45) is 0.745. The fourth-order valence-corrected chi connectivity index (χ4v) is 2.55. The molecule has 1 aliphatic rings. The van der Waals surface area contributed by atoms with Gasteiger partial charge in [0, 0.05) is 0 Å². The van der Waals surface area contributed by atoms with E-state index in [1.165, 1.54) is 11.6 Å². The molecule has 4 nitrogen and oxygen atoms in total. The molecule has 1 aliphatic heterocycles. The van der Waals surface area contributed by atoms with Gasteiger partial charge in [0.1, 0.15) is 24.0 Å². The number of para-hydroxylation sites is 1. The van der Waals surface area contributed by atoms with Crippen LogP contribution < -0.4 is 4.74 Å². The normalized spacial score (nSPS) is 17.0. The van der Waals surface area contributed by atoms with Gasteiger partial charge in [-0.15, -0.1) is 0 Å². The number of ether oxygens (including phenoxy) is 2. The summed E-state index contributed by atoms with van der Waals surface area (Å²) in [7, 11) is 0. The lowest BCUT2D eigenvalue weighted by Gasteiger charge is -2.26. The van der Waals surface area contributed by atoms with Crippen LogP contribution in [-0.2, 0) is 11.2 Å². The van der Waals surface area contributed by atoms with Crippen molar-refractivity contribution in [1.29, 1.82) is 0 Å². The summed E-state index contributed by atoms with van der Waals surface area (Å²) in [6, 6.07) is 14.8. The van der Waals surface area contributed by atoms with Crippen molar-refractivity contribution in [3.8, 4) is 5.75 Å². The summed E-state index contributed by atoms with van der Waals surface area (Å²) in [5.74, 6) is -0.618. The zero-order valence-corrected chi connectivity index (χ0v) is 11.5. The fraction of sp³-hybridized carbons (Fsp3) is 0.235. The van der Waals surface area contributed by atoms with Crippen LogP contribution in [0.3, 0.4) is 0 Å². The number of rotatable bonds is 4. The van der Waals surface area contributed by atoms with E-state index in [1.54, 1.807) is 18.2 Å². The van der Waals surface area contributed by atoms with E-state index >= 15 is 0 Å². The van der Waals surface area contributed by atoms with E-state index in [9.17, 15) is 4.79 Å². The summed E-state index contributed by atoms with van der Waals surface area (Å²) in [6.45, 7) is 0.965. The Bertz CT molecular complexity index is 651. The smallest absolute Gasteiger partial charge is 0.339 e. The first-order chi connectivity index (χ1) is 10.3. The minimum absolute atomic E-state index is 0.156. The van der Waals surface area contributed by atoms with Crippen LogP contribution in [-0.4, -0.2) is 24.3 Å². The molecule has 2 aromatic carbocycles. The molecule has 108 valence electrons. The summed E-state index contributed by atoms with van der Waals surface area (Å²) >= 11 is 0. The quantitative estimate of drug-likeness (QED) is 0.937. The topological polar surface area (TPSA) is 55.8 Å². The predicted molar refractivity (Wildman–Crippen MR) is 77.7 cm³/mol. The Morgan fingerprint density at radius 1 is 1.19 bits per heavy atom. The van der Waals surface area contributed by atoms with Crippen molar-refractivity contribution < 1.29 is 19.4 Å². The van der Waals surface area contributed by atoms with Crippen molar-refractivity contribution in [3.63, 3.8) is 0 Å². The minimum Gasteiger partial charge on any atom is -0.490 e. The second-order valence-corrected chi connectivity index (χ2v) is 4.92. The molecule has 0 saturated carbocycles. The molecule has 0 aromatic heterocycles. The Morgan fingerprint density at radius 2 is 1.95 bits per heavy atom. The van der Waals surface area contributed by atoms with E-state index in [-0.39, 0.29) is 11.7 Å². The molecule has 3 rings (SSSR count). The molecule has 1 heterocycles. The Kier molecular flexibility index (Phi) is 3.88. The lowest BCUT2D eigenvalue weighted by atomic mass is 9.98. The summed E-state index contributed by atoms with van der Waals surface area (Å²) in [5.41, 5.74) is 2.56. The van der Waals surface area contributed by atoms with Crippen LogP contribution in [0.15, 0.2) is 48.5 Å². The first-order valence-electron chi connectivity index (χ1n) is 6.90. The first-order valence-corrected chi connectivity index (χ1v) is 6.90. The van der Waals surface area contributed by atoms with Gasteiger partial charge in [-0.3, -0.25) is 0 Å². The molecular weight excluding hydrogens is 268 g/mol. The van der Waals surface area contributed by atoms with Crippen LogP contribution in [0.25, 0.3) is 0 Å². The monoisotopic (exact) mass is 284 g/mol. The minimum atomic E-state index is -0.990. The molecule has 2 aromatic rings. The predicted octanol–water partition coefficient (Wildman–Crippen LogP) is 3.08. The third-order valence-electron chi connectivity index (χ3n) is 3.60. The number of carboxylic acids is 1. The van der Waals surface area contributed by atoms with Gasteiger partial charge in [0.25, 0.3) is 0 Å². The van der Waals surface area contributed by atoms with Gasteiger partial charge < -0.3 is 14.6 Å². The standard InChI is InChI=1S/C17H16O4/c18-17(19)14-7-3-4-8-15(14)21-11-16-13-6-2-1-5-12(13)9-10-20-16/h1-8,16H,9-11H2,(H,18,19). The molecule has 0 spiro atoms. The molecule has 0 fully saturated rings.